The molecule has 6 heteroatoms. The number of primary amides is 1. The van der Waals surface area contributed by atoms with Crippen LogP contribution in [-0.4, -0.2) is 27.2 Å². The molecule has 0 aromatic carbocycles. The molecule has 1 amide bonds. The number of aryl methyl sites for hydroxylation is 1. The van der Waals surface area contributed by atoms with Crippen molar-refractivity contribution in [1.29, 1.82) is 0 Å². The highest BCUT2D eigenvalue weighted by Crippen LogP contribution is 1.91. The minimum atomic E-state index is -0.373. The van der Waals surface area contributed by atoms with Gasteiger partial charge in [0.25, 0.3) is 0 Å². The van der Waals surface area contributed by atoms with Gasteiger partial charge in [0.1, 0.15) is 12.2 Å². The van der Waals surface area contributed by atoms with E-state index in [0.717, 1.165) is 12.4 Å². The maximum Gasteiger partial charge on any atom is 0.231 e. The fourth-order valence-electron chi connectivity index (χ4n) is 0.987. The van der Waals surface area contributed by atoms with Gasteiger partial charge in [0.05, 0.1) is 13.1 Å². The second-order valence-corrected chi connectivity index (χ2v) is 2.56. The quantitative estimate of drug-likeness (QED) is 0.605. The molecule has 3 N–H and O–H groups in total. The first kappa shape index (κ1) is 9.66. The van der Waals surface area contributed by atoms with E-state index in [4.69, 9.17) is 5.73 Å². The van der Waals surface area contributed by atoms with Crippen LogP contribution in [-0.2, 0) is 17.9 Å². The van der Waals surface area contributed by atoms with Crippen LogP contribution in [0.4, 0.5) is 0 Å². The summed E-state index contributed by atoms with van der Waals surface area (Å²) >= 11 is 0. The van der Waals surface area contributed by atoms with E-state index in [1.165, 1.54) is 6.33 Å². The largest absolute Gasteiger partial charge is 0.369 e. The Labute approximate surface area is 76.1 Å². The van der Waals surface area contributed by atoms with Crippen molar-refractivity contribution in [2.24, 2.45) is 5.73 Å². The Hall–Kier alpha value is -1.43. The Morgan fingerprint density at radius 3 is 3.15 bits per heavy atom. The lowest BCUT2D eigenvalue weighted by Gasteiger charge is -2.02. The molecule has 72 valence electrons. The van der Waals surface area contributed by atoms with Crippen LogP contribution in [0.2, 0.25) is 0 Å². The molecule has 0 fully saturated rings. The van der Waals surface area contributed by atoms with Gasteiger partial charge in [-0.2, -0.15) is 5.10 Å². The number of aromatic nitrogens is 3. The maximum absolute atomic E-state index is 10.4. The minimum Gasteiger partial charge on any atom is -0.369 e. The van der Waals surface area contributed by atoms with Gasteiger partial charge in [-0.25, -0.2) is 9.67 Å². The maximum atomic E-state index is 10.4. The third-order valence-electron chi connectivity index (χ3n) is 1.58. The lowest BCUT2D eigenvalue weighted by Crippen LogP contribution is -2.29. The number of rotatable bonds is 5. The van der Waals surface area contributed by atoms with Crippen LogP contribution in [0.1, 0.15) is 12.7 Å². The summed E-state index contributed by atoms with van der Waals surface area (Å²) in [5.74, 6) is 0.436. The van der Waals surface area contributed by atoms with Crippen LogP contribution < -0.4 is 11.1 Å². The summed E-state index contributed by atoms with van der Waals surface area (Å²) in [4.78, 5) is 14.4. The van der Waals surface area contributed by atoms with Gasteiger partial charge in [-0.15, -0.1) is 0 Å². The Balaban J connectivity index is 2.40. The first-order valence-corrected chi connectivity index (χ1v) is 4.09. The molecule has 0 saturated carbocycles. The molecule has 0 aliphatic heterocycles. The molecule has 0 atom stereocenters. The number of nitrogens with zero attached hydrogens (tertiary/aromatic N) is 3. The first-order chi connectivity index (χ1) is 6.24. The smallest absolute Gasteiger partial charge is 0.231 e. The third-order valence-corrected chi connectivity index (χ3v) is 1.58. The molecule has 0 aliphatic rings. The second-order valence-electron chi connectivity index (χ2n) is 2.56. The fraction of sp³-hybridized carbons (Fsp3) is 0.571. The Bertz CT molecular complexity index is 282. The Morgan fingerprint density at radius 2 is 2.54 bits per heavy atom. The molecule has 1 aromatic rings. The number of nitrogens with one attached hydrogen (secondary N) is 1. The van der Waals surface area contributed by atoms with Gasteiger partial charge < -0.3 is 11.1 Å². The van der Waals surface area contributed by atoms with E-state index >= 15 is 0 Å². The summed E-state index contributed by atoms with van der Waals surface area (Å²) in [6, 6.07) is 0. The molecular formula is C7H13N5O. The zero-order valence-corrected chi connectivity index (χ0v) is 7.53. The first-order valence-electron chi connectivity index (χ1n) is 4.09. The molecule has 1 heterocycles. The SMILES string of the molecule is CCn1ncnc1CNCC(N)=O. The third kappa shape index (κ3) is 2.83. The predicted octanol–water partition coefficient (Wildman–Crippen LogP) is -1.13. The van der Waals surface area contributed by atoms with Crippen molar-refractivity contribution < 1.29 is 4.79 Å². The van der Waals surface area contributed by atoms with Crippen molar-refractivity contribution in [2.75, 3.05) is 6.54 Å². The van der Waals surface area contributed by atoms with E-state index < -0.39 is 0 Å². The molecular weight excluding hydrogens is 170 g/mol. The summed E-state index contributed by atoms with van der Waals surface area (Å²) in [5, 5.41) is 6.85. The van der Waals surface area contributed by atoms with Crippen molar-refractivity contribution in [1.82, 2.24) is 20.1 Å². The Morgan fingerprint density at radius 1 is 1.77 bits per heavy atom. The van der Waals surface area contributed by atoms with Crippen LogP contribution in [0.3, 0.4) is 0 Å². The molecule has 0 aliphatic carbocycles. The minimum absolute atomic E-state index is 0.163. The van der Waals surface area contributed by atoms with Gasteiger partial charge in [0, 0.05) is 6.54 Å². The van der Waals surface area contributed by atoms with Crippen LogP contribution in [0.15, 0.2) is 6.33 Å². The lowest BCUT2D eigenvalue weighted by molar-refractivity contribution is -0.117. The van der Waals surface area contributed by atoms with Gasteiger partial charge in [-0.1, -0.05) is 0 Å². The van der Waals surface area contributed by atoms with E-state index in [0.29, 0.717) is 6.54 Å². The summed E-state index contributed by atoms with van der Waals surface area (Å²) in [7, 11) is 0. The number of carbonyl (C=O) groups is 1. The monoisotopic (exact) mass is 183 g/mol. The molecule has 0 saturated heterocycles. The van der Waals surface area contributed by atoms with E-state index in [1.807, 2.05) is 6.92 Å². The van der Waals surface area contributed by atoms with Crippen molar-refractivity contribution in [2.45, 2.75) is 20.0 Å². The van der Waals surface area contributed by atoms with E-state index in [1.54, 1.807) is 4.68 Å². The van der Waals surface area contributed by atoms with Crippen molar-refractivity contribution in [3.8, 4) is 0 Å². The standard InChI is InChI=1S/C7H13N5O/c1-2-12-7(10-5-11-12)4-9-3-6(8)13/h5,9H,2-4H2,1H3,(H2,8,13). The molecule has 0 radical (unpaired) electrons. The second kappa shape index (κ2) is 4.56. The number of amides is 1. The summed E-state index contributed by atoms with van der Waals surface area (Å²) in [6.45, 7) is 3.42. The van der Waals surface area contributed by atoms with Gasteiger partial charge >= 0.3 is 0 Å². The molecule has 6 nitrogen and oxygen atoms in total. The number of hydrogen-bond donors (Lipinski definition) is 2. The average Bonchev–Trinajstić information content (AvgIpc) is 2.51. The molecule has 0 bridgehead atoms. The van der Waals surface area contributed by atoms with Crippen molar-refractivity contribution in [3.63, 3.8) is 0 Å². The van der Waals surface area contributed by atoms with Crippen LogP contribution in [0, 0.1) is 0 Å². The van der Waals surface area contributed by atoms with Crippen LogP contribution in [0.5, 0.6) is 0 Å². The highest BCUT2D eigenvalue weighted by Gasteiger charge is 2.01. The molecule has 13 heavy (non-hydrogen) atoms. The van der Waals surface area contributed by atoms with Gasteiger partial charge in [-0.3, -0.25) is 4.79 Å². The van der Waals surface area contributed by atoms with E-state index in [9.17, 15) is 4.79 Å². The molecule has 0 unspecified atom stereocenters. The van der Waals surface area contributed by atoms with Crippen LogP contribution >= 0.6 is 0 Å². The highest BCUT2D eigenvalue weighted by molar-refractivity contribution is 5.75. The zero-order valence-electron chi connectivity index (χ0n) is 7.53. The van der Waals surface area contributed by atoms with Crippen molar-refractivity contribution >= 4 is 5.91 Å². The van der Waals surface area contributed by atoms with E-state index in [-0.39, 0.29) is 12.5 Å². The fourth-order valence-corrected chi connectivity index (χ4v) is 0.987. The lowest BCUT2D eigenvalue weighted by atomic mass is 10.5. The summed E-state index contributed by atoms with van der Waals surface area (Å²) < 4.78 is 1.76. The number of hydrogen-bond acceptors (Lipinski definition) is 4. The normalized spacial score (nSPS) is 10.2. The zero-order chi connectivity index (χ0) is 9.68. The van der Waals surface area contributed by atoms with Crippen molar-refractivity contribution in [3.05, 3.63) is 12.2 Å². The van der Waals surface area contributed by atoms with Crippen LogP contribution in [0.25, 0.3) is 0 Å². The average molecular weight is 183 g/mol. The van der Waals surface area contributed by atoms with E-state index in [2.05, 4.69) is 15.4 Å². The predicted molar refractivity (Wildman–Crippen MR) is 46.6 cm³/mol. The Kier molecular flexibility index (Phi) is 3.39. The molecule has 1 aromatic heterocycles. The highest BCUT2D eigenvalue weighted by atomic mass is 16.1. The van der Waals surface area contributed by atoms with Gasteiger partial charge in [-0.05, 0) is 6.92 Å². The molecule has 0 spiro atoms. The van der Waals surface area contributed by atoms with Gasteiger partial charge in [0.2, 0.25) is 5.91 Å². The summed E-state index contributed by atoms with van der Waals surface area (Å²) in [6.07, 6.45) is 1.49. The van der Waals surface area contributed by atoms with Gasteiger partial charge in [0.15, 0.2) is 0 Å². The topological polar surface area (TPSA) is 85.8 Å². The number of nitrogens with two attached hydrogens (primary N) is 1. The molecule has 1 rings (SSSR count). The number of carbonyl (C=O) groups excluding carboxylic acids is 1. The summed E-state index contributed by atoms with van der Waals surface area (Å²) in [5.41, 5.74) is 4.96.